The van der Waals surface area contributed by atoms with Crippen LogP contribution in [0.25, 0.3) is 0 Å². The molecule has 0 amide bonds. The number of rotatable bonds is 3. The lowest BCUT2D eigenvalue weighted by Crippen LogP contribution is -2.46. The summed E-state index contributed by atoms with van der Waals surface area (Å²) in [5.41, 5.74) is 4.87. The number of hydrogen-bond acceptors (Lipinski definition) is 5. The fraction of sp³-hybridized carbons (Fsp3) is 0.750. The largest absolute Gasteiger partial charge is 0.350 e. The van der Waals surface area contributed by atoms with Crippen LogP contribution in [0.2, 0.25) is 0 Å². The Bertz CT molecular complexity index is 560. The molecular weight excluding hydrogens is 246 g/mol. The van der Waals surface area contributed by atoms with Gasteiger partial charge in [-0.2, -0.15) is 0 Å². The van der Waals surface area contributed by atoms with Gasteiger partial charge in [0.1, 0.15) is 0 Å². The Balaban J connectivity index is 2.32. The van der Waals surface area contributed by atoms with E-state index in [0.29, 0.717) is 18.3 Å². The van der Waals surface area contributed by atoms with Crippen LogP contribution in [0.4, 0.5) is 5.82 Å². The van der Waals surface area contributed by atoms with Crippen molar-refractivity contribution in [3.63, 3.8) is 0 Å². The highest BCUT2D eigenvalue weighted by molar-refractivity contribution is 5.35. The van der Waals surface area contributed by atoms with E-state index in [0.717, 1.165) is 36.9 Å². The van der Waals surface area contributed by atoms with E-state index >= 15 is 0 Å². The third kappa shape index (κ3) is 2.70. The van der Waals surface area contributed by atoms with E-state index < -0.39 is 5.69 Å². The summed E-state index contributed by atoms with van der Waals surface area (Å²) in [6, 6.07) is 0. The molecule has 1 aromatic heterocycles. The summed E-state index contributed by atoms with van der Waals surface area (Å²) in [6.45, 7) is 2.26. The summed E-state index contributed by atoms with van der Waals surface area (Å²) in [5.74, 6) is 0.869. The van der Waals surface area contributed by atoms with Crippen molar-refractivity contribution in [2.75, 3.05) is 24.5 Å². The first-order valence-corrected chi connectivity index (χ1v) is 6.64. The lowest BCUT2D eigenvalue weighted by Gasteiger charge is -2.33. The Morgan fingerprint density at radius 1 is 1.37 bits per heavy atom. The van der Waals surface area contributed by atoms with Gasteiger partial charge in [-0.3, -0.25) is 9.36 Å². The molecule has 0 radical (unpaired) electrons. The van der Waals surface area contributed by atoms with Gasteiger partial charge in [0.2, 0.25) is 5.82 Å². The van der Waals surface area contributed by atoms with E-state index in [4.69, 9.17) is 5.73 Å². The number of aryl methyl sites for hydroxylation is 1. The van der Waals surface area contributed by atoms with Crippen LogP contribution >= 0.6 is 0 Å². The van der Waals surface area contributed by atoms with Crippen LogP contribution in [-0.4, -0.2) is 34.0 Å². The molecule has 106 valence electrons. The van der Waals surface area contributed by atoms with Crippen molar-refractivity contribution in [2.45, 2.75) is 19.3 Å². The number of nitrogens with two attached hydrogens (primary N) is 1. The smallest absolute Gasteiger partial charge is 0.346 e. The van der Waals surface area contributed by atoms with Crippen LogP contribution in [0.1, 0.15) is 19.3 Å². The molecule has 1 aromatic rings. The van der Waals surface area contributed by atoms with Crippen molar-refractivity contribution in [1.82, 2.24) is 14.3 Å². The third-order valence-corrected chi connectivity index (χ3v) is 3.70. The zero-order valence-corrected chi connectivity index (χ0v) is 11.5. The SMILES string of the molecule is Cn1nc(N2CCCC(CCN)C2)c(=O)n(C)c1=O. The molecule has 0 bridgehead atoms. The van der Waals surface area contributed by atoms with Crippen molar-refractivity contribution < 1.29 is 0 Å². The fourth-order valence-corrected chi connectivity index (χ4v) is 2.61. The highest BCUT2D eigenvalue weighted by Gasteiger charge is 2.23. The average molecular weight is 267 g/mol. The molecule has 7 heteroatoms. The number of aromatic nitrogens is 3. The zero-order chi connectivity index (χ0) is 14.0. The first kappa shape index (κ1) is 13.8. The monoisotopic (exact) mass is 267 g/mol. The normalized spacial score (nSPS) is 19.7. The highest BCUT2D eigenvalue weighted by atomic mass is 16.2. The number of nitrogens with zero attached hydrogens (tertiary/aromatic N) is 4. The number of anilines is 1. The Morgan fingerprint density at radius 3 is 2.79 bits per heavy atom. The summed E-state index contributed by atoms with van der Waals surface area (Å²) < 4.78 is 2.32. The molecule has 1 atom stereocenters. The summed E-state index contributed by atoms with van der Waals surface area (Å²) >= 11 is 0. The van der Waals surface area contributed by atoms with Crippen LogP contribution in [-0.2, 0) is 14.1 Å². The maximum Gasteiger partial charge on any atom is 0.346 e. The number of piperidine rings is 1. The molecule has 0 saturated carbocycles. The quantitative estimate of drug-likeness (QED) is 0.762. The molecule has 2 heterocycles. The van der Waals surface area contributed by atoms with Gasteiger partial charge in [-0.15, -0.1) is 5.10 Å². The van der Waals surface area contributed by atoms with E-state index in [1.165, 1.54) is 11.7 Å². The summed E-state index contributed by atoms with van der Waals surface area (Å²) in [5, 5.41) is 4.12. The molecule has 2 rings (SSSR count). The van der Waals surface area contributed by atoms with Crippen molar-refractivity contribution in [2.24, 2.45) is 25.7 Å². The highest BCUT2D eigenvalue weighted by Crippen LogP contribution is 2.21. The predicted molar refractivity (Wildman–Crippen MR) is 73.3 cm³/mol. The lowest BCUT2D eigenvalue weighted by atomic mass is 9.95. The molecule has 2 N–H and O–H groups in total. The van der Waals surface area contributed by atoms with Crippen molar-refractivity contribution in [3.05, 3.63) is 20.8 Å². The summed E-state index contributed by atoms with van der Waals surface area (Å²) in [4.78, 5) is 25.7. The van der Waals surface area contributed by atoms with Crippen molar-refractivity contribution >= 4 is 5.82 Å². The second-order valence-corrected chi connectivity index (χ2v) is 5.13. The molecule has 1 unspecified atom stereocenters. The number of hydrogen-bond donors (Lipinski definition) is 1. The van der Waals surface area contributed by atoms with E-state index in [-0.39, 0.29) is 5.56 Å². The Hall–Kier alpha value is -1.63. The lowest BCUT2D eigenvalue weighted by molar-refractivity contribution is 0.390. The molecular formula is C12H21N5O2. The fourth-order valence-electron chi connectivity index (χ4n) is 2.61. The minimum atomic E-state index is -0.399. The average Bonchev–Trinajstić information content (AvgIpc) is 2.41. The van der Waals surface area contributed by atoms with E-state index in [2.05, 4.69) is 5.10 Å². The minimum Gasteiger partial charge on any atom is -0.350 e. The van der Waals surface area contributed by atoms with Crippen molar-refractivity contribution in [3.8, 4) is 0 Å². The van der Waals surface area contributed by atoms with Crippen molar-refractivity contribution in [1.29, 1.82) is 0 Å². The van der Waals surface area contributed by atoms with E-state index in [9.17, 15) is 9.59 Å². The van der Waals surface area contributed by atoms with Gasteiger partial charge in [0.05, 0.1) is 0 Å². The molecule has 1 fully saturated rings. The first-order valence-electron chi connectivity index (χ1n) is 6.64. The molecule has 7 nitrogen and oxygen atoms in total. The van der Waals surface area contributed by atoms with Gasteiger partial charge >= 0.3 is 5.69 Å². The van der Waals surface area contributed by atoms with Gasteiger partial charge in [-0.05, 0) is 31.7 Å². The van der Waals surface area contributed by atoms with Gasteiger partial charge < -0.3 is 10.6 Å². The maximum atomic E-state index is 12.1. The second kappa shape index (κ2) is 5.56. The Labute approximate surface area is 111 Å². The van der Waals surface area contributed by atoms with Crippen LogP contribution in [0.3, 0.4) is 0 Å². The predicted octanol–water partition coefficient (Wildman–Crippen LogP) is -0.956. The van der Waals surface area contributed by atoms with E-state index in [1.807, 2.05) is 4.90 Å². The molecule has 1 saturated heterocycles. The Morgan fingerprint density at radius 2 is 2.11 bits per heavy atom. The van der Waals surface area contributed by atoms with Gasteiger partial charge in [-0.1, -0.05) is 0 Å². The molecule has 1 aliphatic heterocycles. The third-order valence-electron chi connectivity index (χ3n) is 3.70. The second-order valence-electron chi connectivity index (χ2n) is 5.13. The molecule has 0 aliphatic carbocycles. The van der Waals surface area contributed by atoms with Crippen LogP contribution in [0.5, 0.6) is 0 Å². The van der Waals surface area contributed by atoms with Crippen LogP contribution in [0, 0.1) is 5.92 Å². The maximum absolute atomic E-state index is 12.1. The van der Waals surface area contributed by atoms with E-state index in [1.54, 1.807) is 7.05 Å². The van der Waals surface area contributed by atoms with Crippen LogP contribution in [0.15, 0.2) is 9.59 Å². The first-order chi connectivity index (χ1) is 9.04. The van der Waals surface area contributed by atoms with Gasteiger partial charge in [0.25, 0.3) is 5.56 Å². The minimum absolute atomic E-state index is 0.323. The summed E-state index contributed by atoms with van der Waals surface area (Å²) in [6.07, 6.45) is 3.13. The molecule has 0 aromatic carbocycles. The summed E-state index contributed by atoms with van der Waals surface area (Å²) in [7, 11) is 3.05. The molecule has 0 spiro atoms. The van der Waals surface area contributed by atoms with Gasteiger partial charge in [0, 0.05) is 27.2 Å². The van der Waals surface area contributed by atoms with Gasteiger partial charge in [0.15, 0.2) is 0 Å². The molecule has 1 aliphatic rings. The van der Waals surface area contributed by atoms with Crippen LogP contribution < -0.4 is 21.9 Å². The Kier molecular flexibility index (Phi) is 4.04. The molecule has 19 heavy (non-hydrogen) atoms. The standard InChI is InChI=1S/C12H21N5O2/c1-15-11(18)10(14-16(2)12(15)19)17-7-3-4-9(8-17)5-6-13/h9H,3-8,13H2,1-2H3. The topological polar surface area (TPSA) is 86.2 Å². The zero-order valence-electron chi connectivity index (χ0n) is 11.5. The van der Waals surface area contributed by atoms with Gasteiger partial charge in [-0.25, -0.2) is 9.48 Å².